The molecule has 2 heterocycles. The minimum absolute atomic E-state index is 0.0142. The average Bonchev–Trinajstić information content (AvgIpc) is 3.12. The van der Waals surface area contributed by atoms with Gasteiger partial charge in [-0.3, -0.25) is 14.5 Å². The third-order valence-electron chi connectivity index (χ3n) is 9.98. The third-order valence-corrected chi connectivity index (χ3v) is 9.98. The number of hydrogen-bond acceptors (Lipinski definition) is 4. The lowest BCUT2D eigenvalue weighted by Crippen LogP contribution is -2.56. The molecule has 0 atom stereocenters. The molecule has 5 rings (SSSR count). The fourth-order valence-corrected chi connectivity index (χ4v) is 7.19. The van der Waals surface area contributed by atoms with Crippen molar-refractivity contribution in [3.8, 4) is 0 Å². The Morgan fingerprint density at radius 3 is 2.19 bits per heavy atom. The lowest BCUT2D eigenvalue weighted by molar-refractivity contribution is -0.135. The van der Waals surface area contributed by atoms with Gasteiger partial charge in [-0.1, -0.05) is 36.8 Å². The number of nitrogens with two attached hydrogens (primary N) is 1. The Morgan fingerprint density at radius 2 is 1.65 bits per heavy atom. The van der Waals surface area contributed by atoms with Crippen LogP contribution in [-0.2, 0) is 15.1 Å². The van der Waals surface area contributed by atoms with Crippen LogP contribution in [-0.4, -0.2) is 89.8 Å². The summed E-state index contributed by atoms with van der Waals surface area (Å²) in [6.45, 7) is 2.64. The number of benzene rings is 1. The van der Waals surface area contributed by atoms with Gasteiger partial charge in [0.05, 0.1) is 5.54 Å². The van der Waals surface area contributed by atoms with Crippen molar-refractivity contribution in [1.82, 2.24) is 19.6 Å². The molecule has 1 spiro atoms. The number of primary amides is 1. The number of nitrogens with zero attached hydrogens (tertiary/aromatic N) is 4. The molecule has 0 aromatic heterocycles. The van der Waals surface area contributed by atoms with Gasteiger partial charge in [0.15, 0.2) is 0 Å². The molecule has 0 bridgehead atoms. The highest BCUT2D eigenvalue weighted by Gasteiger charge is 2.55. The van der Waals surface area contributed by atoms with Crippen molar-refractivity contribution in [3.05, 3.63) is 35.9 Å². The van der Waals surface area contributed by atoms with Gasteiger partial charge < -0.3 is 20.4 Å². The Morgan fingerprint density at radius 1 is 1.00 bits per heavy atom. The largest absolute Gasteiger partial charge is 0.369 e. The van der Waals surface area contributed by atoms with Crippen LogP contribution in [0.1, 0.15) is 63.4 Å². The molecule has 0 radical (unpaired) electrons. The van der Waals surface area contributed by atoms with Crippen LogP contribution in [0.3, 0.4) is 0 Å². The minimum Gasteiger partial charge on any atom is -0.369 e. The van der Waals surface area contributed by atoms with Crippen molar-refractivity contribution in [2.24, 2.45) is 17.6 Å². The maximum atomic E-state index is 13.8. The summed E-state index contributed by atoms with van der Waals surface area (Å²) in [7, 11) is 4.34. The van der Waals surface area contributed by atoms with Crippen molar-refractivity contribution in [1.29, 1.82) is 0 Å². The van der Waals surface area contributed by atoms with E-state index in [1.807, 2.05) is 4.90 Å². The Labute approximate surface area is 221 Å². The van der Waals surface area contributed by atoms with Crippen molar-refractivity contribution >= 4 is 17.8 Å². The van der Waals surface area contributed by atoms with Crippen molar-refractivity contribution in [3.63, 3.8) is 0 Å². The number of likely N-dealkylation sites (tertiary alicyclic amines) is 1. The van der Waals surface area contributed by atoms with Gasteiger partial charge in [0.25, 0.3) is 0 Å². The first-order valence-electron chi connectivity index (χ1n) is 14.1. The molecule has 0 unspecified atom stereocenters. The number of piperidine rings is 1. The van der Waals surface area contributed by atoms with Gasteiger partial charge >= 0.3 is 6.03 Å². The van der Waals surface area contributed by atoms with Crippen LogP contribution >= 0.6 is 0 Å². The van der Waals surface area contributed by atoms with E-state index in [0.717, 1.165) is 32.2 Å². The van der Waals surface area contributed by atoms with E-state index >= 15 is 0 Å². The molecule has 4 amide bonds. The number of amides is 4. The topological polar surface area (TPSA) is 90.2 Å². The zero-order valence-electron chi connectivity index (χ0n) is 22.5. The highest BCUT2D eigenvalue weighted by atomic mass is 16.2. The van der Waals surface area contributed by atoms with E-state index < -0.39 is 0 Å². The summed E-state index contributed by atoms with van der Waals surface area (Å²) in [6.07, 6.45) is 8.71. The smallest absolute Gasteiger partial charge is 0.321 e. The van der Waals surface area contributed by atoms with Crippen LogP contribution in [0.5, 0.6) is 0 Å². The van der Waals surface area contributed by atoms with E-state index in [1.165, 1.54) is 24.8 Å². The second-order valence-corrected chi connectivity index (χ2v) is 12.1. The maximum absolute atomic E-state index is 13.8. The molecule has 1 aromatic carbocycles. The van der Waals surface area contributed by atoms with Crippen molar-refractivity contribution < 1.29 is 14.4 Å². The Hall–Kier alpha value is -2.61. The fourth-order valence-electron chi connectivity index (χ4n) is 7.19. The Balaban J connectivity index is 1.31. The van der Waals surface area contributed by atoms with Gasteiger partial charge in [0.2, 0.25) is 11.8 Å². The van der Waals surface area contributed by atoms with Gasteiger partial charge in [-0.25, -0.2) is 4.79 Å². The summed E-state index contributed by atoms with van der Waals surface area (Å²) in [5.41, 5.74) is 6.56. The molecular formula is C29H43N5O3. The van der Waals surface area contributed by atoms with Gasteiger partial charge in [-0.05, 0) is 76.9 Å². The van der Waals surface area contributed by atoms with Crippen LogP contribution < -0.4 is 5.73 Å². The zero-order valence-corrected chi connectivity index (χ0v) is 22.5. The standard InChI is InChI=1S/C29H43N5O3/c1-31(2)29(24-9-4-3-5-10-24)15-13-28(14-16-29)21-33(27(37)34(28)19-22-7-6-8-22)20-25(35)32-17-11-23(12-18-32)26(30)36/h3-5,9-10,22-23H,6-8,11-21H2,1-2H3,(H2,30,36). The predicted molar refractivity (Wildman–Crippen MR) is 143 cm³/mol. The molecule has 2 aliphatic heterocycles. The van der Waals surface area contributed by atoms with Crippen LogP contribution in [0, 0.1) is 11.8 Å². The molecule has 4 aliphatic rings. The van der Waals surface area contributed by atoms with Gasteiger partial charge in [0.1, 0.15) is 6.54 Å². The highest BCUT2D eigenvalue weighted by Crippen LogP contribution is 2.49. The molecule has 1 aromatic rings. The summed E-state index contributed by atoms with van der Waals surface area (Å²) in [5.74, 6) is 0.137. The van der Waals surface area contributed by atoms with E-state index in [-0.39, 0.29) is 41.4 Å². The fraction of sp³-hybridized carbons (Fsp3) is 0.690. The third kappa shape index (κ3) is 4.85. The molecule has 202 valence electrons. The van der Waals surface area contributed by atoms with Crippen LogP contribution in [0.2, 0.25) is 0 Å². The van der Waals surface area contributed by atoms with Crippen molar-refractivity contribution in [2.75, 3.05) is 46.8 Å². The lowest BCUT2D eigenvalue weighted by atomic mass is 9.68. The number of urea groups is 1. The van der Waals surface area contributed by atoms with E-state index in [4.69, 9.17) is 5.73 Å². The van der Waals surface area contributed by atoms with E-state index in [1.54, 1.807) is 4.90 Å². The molecule has 4 fully saturated rings. The molecular weight excluding hydrogens is 466 g/mol. The molecule has 2 N–H and O–H groups in total. The molecule has 2 saturated heterocycles. The van der Waals surface area contributed by atoms with E-state index in [0.29, 0.717) is 38.4 Å². The summed E-state index contributed by atoms with van der Waals surface area (Å²) in [4.78, 5) is 46.7. The van der Waals surface area contributed by atoms with E-state index in [2.05, 4.69) is 54.2 Å². The molecule has 2 aliphatic carbocycles. The van der Waals surface area contributed by atoms with E-state index in [9.17, 15) is 14.4 Å². The second-order valence-electron chi connectivity index (χ2n) is 12.1. The van der Waals surface area contributed by atoms with Crippen LogP contribution in [0.25, 0.3) is 0 Å². The molecule has 37 heavy (non-hydrogen) atoms. The number of carbonyl (C=O) groups is 3. The van der Waals surface area contributed by atoms with Gasteiger partial charge in [-0.15, -0.1) is 0 Å². The van der Waals surface area contributed by atoms with Crippen LogP contribution in [0.4, 0.5) is 4.79 Å². The van der Waals surface area contributed by atoms with Crippen molar-refractivity contribution in [2.45, 2.75) is 68.9 Å². The summed E-state index contributed by atoms with van der Waals surface area (Å²) < 4.78 is 0. The average molecular weight is 510 g/mol. The first kappa shape index (κ1) is 26.0. The highest BCUT2D eigenvalue weighted by molar-refractivity contribution is 5.86. The normalized spacial score (nSPS) is 29.3. The van der Waals surface area contributed by atoms with Crippen LogP contribution in [0.15, 0.2) is 30.3 Å². The quantitative estimate of drug-likeness (QED) is 0.612. The maximum Gasteiger partial charge on any atom is 0.321 e. The number of carbonyl (C=O) groups excluding carboxylic acids is 3. The number of hydrogen-bond donors (Lipinski definition) is 1. The summed E-state index contributed by atoms with van der Waals surface area (Å²) >= 11 is 0. The molecule has 2 saturated carbocycles. The lowest BCUT2D eigenvalue weighted by Gasteiger charge is -2.51. The van der Waals surface area contributed by atoms with Gasteiger partial charge in [0, 0.05) is 37.6 Å². The minimum atomic E-state index is -0.281. The second kappa shape index (κ2) is 10.3. The predicted octanol–water partition coefficient (Wildman–Crippen LogP) is 3.02. The number of rotatable bonds is 7. The first-order chi connectivity index (χ1) is 17.7. The molecule has 8 nitrogen and oxygen atoms in total. The zero-order chi connectivity index (χ0) is 26.2. The first-order valence-corrected chi connectivity index (χ1v) is 14.1. The van der Waals surface area contributed by atoms with Gasteiger partial charge in [-0.2, -0.15) is 0 Å². The molecule has 8 heteroatoms. The Kier molecular flexibility index (Phi) is 7.22. The monoisotopic (exact) mass is 509 g/mol. The Bertz CT molecular complexity index is 992. The SMILES string of the molecule is CN(C)C1(c2ccccc2)CCC2(CC1)CN(CC(=O)N1CCC(C(N)=O)CC1)C(=O)N2CC1CCC1. The summed E-state index contributed by atoms with van der Waals surface area (Å²) in [6, 6.07) is 10.8. The summed E-state index contributed by atoms with van der Waals surface area (Å²) in [5, 5.41) is 0.